The van der Waals surface area contributed by atoms with Crippen molar-refractivity contribution in [1.29, 1.82) is 0 Å². The van der Waals surface area contributed by atoms with E-state index in [2.05, 4.69) is 15.6 Å². The zero-order valence-electron chi connectivity index (χ0n) is 11.1. The molecule has 1 unspecified atom stereocenters. The minimum absolute atomic E-state index is 0.00770. The molecule has 20 heavy (non-hydrogen) atoms. The molecule has 0 aliphatic carbocycles. The number of carbonyl (C=O) groups excluding carboxylic acids is 2. The van der Waals surface area contributed by atoms with E-state index in [1.165, 1.54) is 11.3 Å². The van der Waals surface area contributed by atoms with Gasteiger partial charge in [0.2, 0.25) is 5.91 Å². The van der Waals surface area contributed by atoms with Crippen molar-refractivity contribution >= 4 is 29.2 Å². The maximum absolute atomic E-state index is 11.6. The second-order valence-electron chi connectivity index (χ2n) is 4.10. The number of hydrogen-bond acceptors (Lipinski definition) is 5. The van der Waals surface area contributed by atoms with Gasteiger partial charge in [-0.2, -0.15) is 0 Å². The number of thiazole rings is 1. The van der Waals surface area contributed by atoms with Gasteiger partial charge in [-0.05, 0) is 12.8 Å². The Kier molecular flexibility index (Phi) is 6.65. The summed E-state index contributed by atoms with van der Waals surface area (Å²) in [5.74, 6) is -1.45. The van der Waals surface area contributed by atoms with Gasteiger partial charge in [-0.3, -0.25) is 14.9 Å². The number of amides is 3. The molecular weight excluding hydrogens is 282 g/mol. The zero-order chi connectivity index (χ0) is 15.0. The molecule has 1 rings (SSSR count). The Bertz CT molecular complexity index is 461. The summed E-state index contributed by atoms with van der Waals surface area (Å²) in [6, 6.07) is -0.825. The van der Waals surface area contributed by atoms with E-state index < -0.39 is 17.9 Å². The minimum Gasteiger partial charge on any atom is -0.481 e. The van der Waals surface area contributed by atoms with Gasteiger partial charge in [-0.15, -0.1) is 11.3 Å². The molecule has 110 valence electrons. The van der Waals surface area contributed by atoms with Crippen molar-refractivity contribution in [1.82, 2.24) is 15.6 Å². The summed E-state index contributed by atoms with van der Waals surface area (Å²) in [6.45, 7) is 1.90. The molecule has 0 aliphatic rings. The molecule has 1 aromatic rings. The van der Waals surface area contributed by atoms with Gasteiger partial charge in [-0.1, -0.05) is 6.92 Å². The van der Waals surface area contributed by atoms with Crippen LogP contribution < -0.4 is 10.6 Å². The molecular formula is C12H17N3O4S. The summed E-state index contributed by atoms with van der Waals surface area (Å²) >= 11 is 1.43. The molecule has 0 aliphatic heterocycles. The Labute approximate surface area is 120 Å². The van der Waals surface area contributed by atoms with Crippen molar-refractivity contribution in [2.45, 2.75) is 38.6 Å². The van der Waals surface area contributed by atoms with Crippen LogP contribution in [0.1, 0.15) is 43.7 Å². The first-order valence-electron chi connectivity index (χ1n) is 6.24. The third-order valence-corrected chi connectivity index (χ3v) is 3.40. The van der Waals surface area contributed by atoms with Gasteiger partial charge in [0.05, 0.1) is 6.04 Å². The number of aromatic nitrogens is 1. The quantitative estimate of drug-likeness (QED) is 0.709. The highest BCUT2D eigenvalue weighted by Crippen LogP contribution is 2.18. The number of carbonyl (C=O) groups is 3. The molecule has 0 saturated heterocycles. The number of aliphatic carboxylic acids is 1. The predicted molar refractivity (Wildman–Crippen MR) is 73.3 cm³/mol. The molecule has 0 bridgehead atoms. The van der Waals surface area contributed by atoms with Crippen LogP contribution in [0.5, 0.6) is 0 Å². The summed E-state index contributed by atoms with van der Waals surface area (Å²) in [5, 5.41) is 15.9. The van der Waals surface area contributed by atoms with Crippen LogP contribution in [0.15, 0.2) is 11.6 Å². The summed E-state index contributed by atoms with van der Waals surface area (Å²) in [4.78, 5) is 37.5. The Morgan fingerprint density at radius 3 is 2.70 bits per heavy atom. The normalized spacial score (nSPS) is 11.7. The highest BCUT2D eigenvalue weighted by Gasteiger charge is 2.16. The van der Waals surface area contributed by atoms with E-state index in [1.807, 2.05) is 12.3 Å². The number of hydrogen-bond donors (Lipinski definition) is 3. The lowest BCUT2D eigenvalue weighted by Crippen LogP contribution is -2.41. The number of imide groups is 1. The van der Waals surface area contributed by atoms with E-state index in [0.29, 0.717) is 6.42 Å². The first kappa shape index (κ1) is 16.1. The average Bonchev–Trinajstić information content (AvgIpc) is 2.89. The molecule has 7 nitrogen and oxygen atoms in total. The second-order valence-corrected chi connectivity index (χ2v) is 5.03. The highest BCUT2D eigenvalue weighted by atomic mass is 32.1. The first-order chi connectivity index (χ1) is 9.52. The third kappa shape index (κ3) is 5.79. The molecule has 0 saturated carbocycles. The van der Waals surface area contributed by atoms with Crippen molar-refractivity contribution in [3.63, 3.8) is 0 Å². The molecule has 0 aromatic carbocycles. The van der Waals surface area contributed by atoms with E-state index in [4.69, 9.17) is 5.11 Å². The van der Waals surface area contributed by atoms with Gasteiger partial charge in [0.1, 0.15) is 5.01 Å². The Hall–Kier alpha value is -1.96. The van der Waals surface area contributed by atoms with Crippen LogP contribution in [-0.4, -0.2) is 28.0 Å². The number of nitrogens with one attached hydrogen (secondary N) is 2. The lowest BCUT2D eigenvalue weighted by Gasteiger charge is -2.14. The van der Waals surface area contributed by atoms with Crippen LogP contribution in [0, 0.1) is 0 Å². The van der Waals surface area contributed by atoms with Gasteiger partial charge in [0, 0.05) is 24.4 Å². The predicted octanol–water partition coefficient (Wildman–Crippen LogP) is 1.67. The van der Waals surface area contributed by atoms with Crippen molar-refractivity contribution in [2.75, 3.05) is 0 Å². The number of urea groups is 1. The SMILES string of the molecule is CCC(NC(=O)NC(=O)CCCC(=O)O)c1nccs1. The average molecular weight is 299 g/mol. The first-order valence-corrected chi connectivity index (χ1v) is 7.12. The Balaban J connectivity index is 2.35. The maximum Gasteiger partial charge on any atom is 0.321 e. The van der Waals surface area contributed by atoms with Gasteiger partial charge in [0.25, 0.3) is 0 Å². The summed E-state index contributed by atoms with van der Waals surface area (Å²) in [6.07, 6.45) is 2.44. The van der Waals surface area contributed by atoms with E-state index in [0.717, 1.165) is 5.01 Å². The van der Waals surface area contributed by atoms with E-state index in [-0.39, 0.29) is 25.3 Å². The molecule has 1 aromatic heterocycles. The molecule has 0 spiro atoms. The smallest absolute Gasteiger partial charge is 0.321 e. The molecule has 1 atom stereocenters. The molecule has 0 radical (unpaired) electrons. The molecule has 8 heteroatoms. The number of rotatable bonds is 7. The van der Waals surface area contributed by atoms with Crippen LogP contribution in [0.3, 0.4) is 0 Å². The van der Waals surface area contributed by atoms with Gasteiger partial charge in [-0.25, -0.2) is 9.78 Å². The fourth-order valence-corrected chi connectivity index (χ4v) is 2.30. The van der Waals surface area contributed by atoms with E-state index >= 15 is 0 Å². The van der Waals surface area contributed by atoms with Gasteiger partial charge >= 0.3 is 12.0 Å². The Morgan fingerprint density at radius 1 is 1.40 bits per heavy atom. The molecule has 3 N–H and O–H groups in total. The van der Waals surface area contributed by atoms with Crippen LogP contribution in [0.4, 0.5) is 4.79 Å². The lowest BCUT2D eigenvalue weighted by atomic mass is 10.2. The fourth-order valence-electron chi connectivity index (χ4n) is 1.53. The fraction of sp³-hybridized carbons (Fsp3) is 0.500. The van der Waals surface area contributed by atoms with Crippen molar-refractivity contribution < 1.29 is 19.5 Å². The molecule has 0 fully saturated rings. The largest absolute Gasteiger partial charge is 0.481 e. The van der Waals surface area contributed by atoms with Crippen molar-refractivity contribution in [3.05, 3.63) is 16.6 Å². The number of nitrogens with zero attached hydrogens (tertiary/aromatic N) is 1. The lowest BCUT2D eigenvalue weighted by molar-refractivity contribution is -0.137. The maximum atomic E-state index is 11.6. The zero-order valence-corrected chi connectivity index (χ0v) is 11.9. The standard InChI is InChI=1S/C12H17N3O4S/c1-2-8(11-13-6-7-20-11)14-12(19)15-9(16)4-3-5-10(17)18/h6-8H,2-5H2,1H3,(H,17,18)(H2,14,15,16,19). The molecule has 3 amide bonds. The number of carboxylic acid groups (broad SMARTS) is 1. The van der Waals surface area contributed by atoms with Crippen molar-refractivity contribution in [2.24, 2.45) is 0 Å². The Morgan fingerprint density at radius 2 is 2.15 bits per heavy atom. The van der Waals surface area contributed by atoms with E-state index in [9.17, 15) is 14.4 Å². The van der Waals surface area contributed by atoms with Crippen LogP contribution in [0.2, 0.25) is 0 Å². The summed E-state index contributed by atoms with van der Waals surface area (Å²) in [5.41, 5.74) is 0. The second kappa shape index (κ2) is 8.26. The minimum atomic E-state index is -0.961. The summed E-state index contributed by atoms with van der Waals surface area (Å²) in [7, 11) is 0. The van der Waals surface area contributed by atoms with Crippen LogP contribution in [0.25, 0.3) is 0 Å². The third-order valence-electron chi connectivity index (χ3n) is 2.51. The van der Waals surface area contributed by atoms with E-state index in [1.54, 1.807) is 6.20 Å². The van der Waals surface area contributed by atoms with Crippen molar-refractivity contribution in [3.8, 4) is 0 Å². The summed E-state index contributed by atoms with van der Waals surface area (Å²) < 4.78 is 0. The molecule has 1 heterocycles. The van der Waals surface area contributed by atoms with Gasteiger partial charge in [0.15, 0.2) is 0 Å². The van der Waals surface area contributed by atoms with Gasteiger partial charge < -0.3 is 10.4 Å². The topological polar surface area (TPSA) is 108 Å². The number of carboxylic acids is 1. The van der Waals surface area contributed by atoms with Crippen LogP contribution >= 0.6 is 11.3 Å². The monoisotopic (exact) mass is 299 g/mol. The highest BCUT2D eigenvalue weighted by molar-refractivity contribution is 7.09. The van der Waals surface area contributed by atoms with Crippen LogP contribution in [-0.2, 0) is 9.59 Å².